The third kappa shape index (κ3) is 3.46. The molecule has 1 aromatic carbocycles. The Kier molecular flexibility index (Phi) is 4.62. The van der Waals surface area contributed by atoms with Gasteiger partial charge < -0.3 is 16.2 Å². The van der Waals surface area contributed by atoms with Crippen LogP contribution in [-0.2, 0) is 0 Å². The van der Waals surface area contributed by atoms with Gasteiger partial charge in [0.15, 0.2) is 0 Å². The van der Waals surface area contributed by atoms with Crippen LogP contribution in [0.15, 0.2) is 18.2 Å². The van der Waals surface area contributed by atoms with Gasteiger partial charge in [-0.25, -0.2) is 4.79 Å². The molecule has 0 bridgehead atoms. The number of carbonyl (C=O) groups excluding carboxylic acids is 2. The Bertz CT molecular complexity index is 779. The first-order valence-electron chi connectivity index (χ1n) is 8.07. The van der Waals surface area contributed by atoms with Gasteiger partial charge in [0.2, 0.25) is 0 Å². The van der Waals surface area contributed by atoms with Crippen molar-refractivity contribution in [1.29, 1.82) is 0 Å². The highest BCUT2D eigenvalue weighted by molar-refractivity contribution is 7.23. The summed E-state index contributed by atoms with van der Waals surface area (Å²) < 4.78 is 0.700. The molecule has 1 saturated carbocycles. The number of phenols is 1. The number of anilines is 1. The van der Waals surface area contributed by atoms with Crippen molar-refractivity contribution in [2.45, 2.75) is 38.6 Å². The molecule has 0 spiro atoms. The molecule has 0 saturated heterocycles. The lowest BCUT2D eigenvalue weighted by molar-refractivity contribution is 0.100. The number of hydrogen-bond donors (Lipinski definition) is 4. The fourth-order valence-electron chi connectivity index (χ4n) is 3.15. The summed E-state index contributed by atoms with van der Waals surface area (Å²) in [6, 6.07) is 4.52. The number of primary amides is 1. The van der Waals surface area contributed by atoms with E-state index in [2.05, 4.69) is 17.6 Å². The third-order valence-corrected chi connectivity index (χ3v) is 5.57. The number of carbonyl (C=O) groups is 2. The van der Waals surface area contributed by atoms with E-state index in [4.69, 9.17) is 5.73 Å². The minimum Gasteiger partial charge on any atom is -0.508 e. The molecular formula is C17H21N3O3S. The first-order valence-corrected chi connectivity index (χ1v) is 8.88. The average Bonchev–Trinajstić information content (AvgIpc) is 2.86. The second-order valence-corrected chi connectivity index (χ2v) is 7.46. The van der Waals surface area contributed by atoms with E-state index in [0.29, 0.717) is 21.0 Å². The van der Waals surface area contributed by atoms with E-state index in [1.165, 1.54) is 17.4 Å². The lowest BCUT2D eigenvalue weighted by atomic mass is 9.87. The molecule has 1 aliphatic rings. The molecule has 1 aliphatic carbocycles. The molecule has 128 valence electrons. The number of nitrogens with two attached hydrogens (primary N) is 1. The van der Waals surface area contributed by atoms with Crippen LogP contribution in [0.4, 0.5) is 9.80 Å². The average molecular weight is 347 g/mol. The zero-order valence-corrected chi connectivity index (χ0v) is 14.3. The smallest absolute Gasteiger partial charge is 0.320 e. The van der Waals surface area contributed by atoms with Crippen LogP contribution in [0.3, 0.4) is 0 Å². The van der Waals surface area contributed by atoms with Crippen LogP contribution in [0.5, 0.6) is 5.75 Å². The number of rotatable bonds is 3. The van der Waals surface area contributed by atoms with E-state index >= 15 is 0 Å². The van der Waals surface area contributed by atoms with Crippen molar-refractivity contribution in [3.63, 3.8) is 0 Å². The summed E-state index contributed by atoms with van der Waals surface area (Å²) in [6.45, 7) is 2.22. The molecule has 0 radical (unpaired) electrons. The number of urea groups is 1. The summed E-state index contributed by atoms with van der Waals surface area (Å²) in [5.41, 5.74) is 5.75. The zero-order chi connectivity index (χ0) is 17.3. The van der Waals surface area contributed by atoms with Gasteiger partial charge in [0.1, 0.15) is 10.8 Å². The molecule has 2 aromatic rings. The highest BCUT2D eigenvalue weighted by atomic mass is 32.1. The van der Waals surface area contributed by atoms with Crippen LogP contribution in [0.1, 0.15) is 43.0 Å². The molecular weight excluding hydrogens is 326 g/mol. The maximum Gasteiger partial charge on any atom is 0.320 e. The summed E-state index contributed by atoms with van der Waals surface area (Å²) >= 11 is 1.22. The second kappa shape index (κ2) is 6.68. The molecule has 1 heterocycles. The molecule has 0 aliphatic heterocycles. The predicted octanol–water partition coefficient (Wildman–Crippen LogP) is 3.41. The van der Waals surface area contributed by atoms with Gasteiger partial charge in [0, 0.05) is 16.1 Å². The number of fused-ring (bicyclic) bond motifs is 1. The molecule has 1 fully saturated rings. The number of nitrogens with one attached hydrogen (secondary N) is 2. The Morgan fingerprint density at radius 3 is 2.62 bits per heavy atom. The van der Waals surface area contributed by atoms with Crippen LogP contribution in [-0.4, -0.2) is 23.1 Å². The molecule has 3 rings (SSSR count). The lowest BCUT2D eigenvalue weighted by Crippen LogP contribution is -2.40. The largest absolute Gasteiger partial charge is 0.508 e. The summed E-state index contributed by atoms with van der Waals surface area (Å²) in [7, 11) is 0. The van der Waals surface area contributed by atoms with Crippen molar-refractivity contribution in [3.8, 4) is 5.75 Å². The fraction of sp³-hybridized carbons (Fsp3) is 0.412. The fourth-order valence-corrected chi connectivity index (χ4v) is 4.28. The Balaban J connectivity index is 1.77. The Hall–Kier alpha value is -2.28. The summed E-state index contributed by atoms with van der Waals surface area (Å²) in [4.78, 5) is 24.0. The first kappa shape index (κ1) is 16.6. The Morgan fingerprint density at radius 1 is 1.25 bits per heavy atom. The third-order valence-electron chi connectivity index (χ3n) is 4.50. The van der Waals surface area contributed by atoms with Gasteiger partial charge in [-0.3, -0.25) is 10.1 Å². The molecule has 1 aromatic heterocycles. The van der Waals surface area contributed by atoms with E-state index < -0.39 is 5.91 Å². The Labute approximate surface area is 144 Å². The molecule has 3 amide bonds. The second-order valence-electron chi connectivity index (χ2n) is 6.41. The normalized spacial score (nSPS) is 20.7. The summed E-state index contributed by atoms with van der Waals surface area (Å²) in [6.07, 6.45) is 4.16. The number of amides is 3. The van der Waals surface area contributed by atoms with Crippen molar-refractivity contribution >= 4 is 38.4 Å². The zero-order valence-electron chi connectivity index (χ0n) is 13.5. The molecule has 24 heavy (non-hydrogen) atoms. The molecule has 5 N–H and O–H groups in total. The summed E-state index contributed by atoms with van der Waals surface area (Å²) in [5.74, 6) is 0.212. The number of hydrogen-bond acceptors (Lipinski definition) is 4. The van der Waals surface area contributed by atoms with Gasteiger partial charge in [-0.15, -0.1) is 11.3 Å². The van der Waals surface area contributed by atoms with Gasteiger partial charge in [-0.1, -0.05) is 6.92 Å². The van der Waals surface area contributed by atoms with Crippen molar-refractivity contribution in [2.75, 3.05) is 5.32 Å². The van der Waals surface area contributed by atoms with E-state index in [1.54, 1.807) is 12.1 Å². The highest BCUT2D eigenvalue weighted by Gasteiger charge is 2.22. The molecule has 7 heteroatoms. The van der Waals surface area contributed by atoms with Crippen LogP contribution in [0, 0.1) is 5.92 Å². The van der Waals surface area contributed by atoms with Gasteiger partial charge in [0.25, 0.3) is 5.91 Å². The molecule has 0 unspecified atom stereocenters. The van der Waals surface area contributed by atoms with Crippen molar-refractivity contribution in [3.05, 3.63) is 23.8 Å². The van der Waals surface area contributed by atoms with Gasteiger partial charge in [0.05, 0.1) is 5.56 Å². The van der Waals surface area contributed by atoms with Crippen LogP contribution in [0.25, 0.3) is 10.1 Å². The number of phenolic OH excluding ortho intramolecular Hbond substituents is 1. The van der Waals surface area contributed by atoms with Gasteiger partial charge in [-0.05, 0) is 49.8 Å². The maximum absolute atomic E-state index is 12.3. The van der Waals surface area contributed by atoms with Crippen LogP contribution < -0.4 is 16.4 Å². The van der Waals surface area contributed by atoms with Gasteiger partial charge in [-0.2, -0.15) is 0 Å². The van der Waals surface area contributed by atoms with Crippen molar-refractivity contribution in [2.24, 2.45) is 11.7 Å². The molecule has 6 nitrogen and oxygen atoms in total. The topological polar surface area (TPSA) is 104 Å². The maximum atomic E-state index is 12.3. The molecule has 0 atom stereocenters. The summed E-state index contributed by atoms with van der Waals surface area (Å²) in [5, 5.41) is 16.3. The van der Waals surface area contributed by atoms with Crippen molar-refractivity contribution in [1.82, 2.24) is 5.32 Å². The number of thiophene rings is 1. The highest BCUT2D eigenvalue weighted by Crippen LogP contribution is 2.37. The van der Waals surface area contributed by atoms with E-state index in [9.17, 15) is 14.7 Å². The van der Waals surface area contributed by atoms with Crippen LogP contribution in [0.2, 0.25) is 0 Å². The minimum atomic E-state index is -0.603. The Morgan fingerprint density at radius 2 is 1.96 bits per heavy atom. The standard InChI is InChI=1S/C17H21N3O3S/c1-9-2-4-10(5-3-9)19-17(23)20-16-14(15(18)22)12-7-6-11(21)8-13(12)24-16/h6-10,21H,2-5H2,1H3,(H2,18,22)(H2,19,20,23). The van der Waals surface area contributed by atoms with Crippen molar-refractivity contribution < 1.29 is 14.7 Å². The minimum absolute atomic E-state index is 0.104. The van der Waals surface area contributed by atoms with E-state index in [0.717, 1.165) is 25.7 Å². The SMILES string of the molecule is CC1CCC(NC(=O)Nc2sc3cc(O)ccc3c2C(N)=O)CC1. The monoisotopic (exact) mass is 347 g/mol. The van der Waals surface area contributed by atoms with Gasteiger partial charge >= 0.3 is 6.03 Å². The van der Waals surface area contributed by atoms with E-state index in [-0.39, 0.29) is 23.4 Å². The quantitative estimate of drug-likeness (QED) is 0.684. The number of aromatic hydroxyl groups is 1. The first-order chi connectivity index (χ1) is 11.4. The number of benzene rings is 1. The lowest BCUT2D eigenvalue weighted by Gasteiger charge is -2.26. The predicted molar refractivity (Wildman–Crippen MR) is 95.6 cm³/mol. The van der Waals surface area contributed by atoms with E-state index in [1.807, 2.05) is 0 Å². The van der Waals surface area contributed by atoms with Crippen LogP contribution >= 0.6 is 11.3 Å².